The number of amides is 1. The number of benzene rings is 2. The zero-order valence-electron chi connectivity index (χ0n) is 13.2. The molecule has 0 bridgehead atoms. The van der Waals surface area contributed by atoms with Crippen LogP contribution < -0.4 is 10.2 Å². The van der Waals surface area contributed by atoms with Gasteiger partial charge in [0.15, 0.2) is 0 Å². The lowest BCUT2D eigenvalue weighted by molar-refractivity contribution is -0.384. The number of nitro groups is 1. The van der Waals surface area contributed by atoms with Crippen LogP contribution in [0.15, 0.2) is 40.9 Å². The summed E-state index contributed by atoms with van der Waals surface area (Å²) in [6, 6.07) is 9.89. The van der Waals surface area contributed by atoms with Crippen LogP contribution in [0.1, 0.15) is 23.2 Å². The zero-order chi connectivity index (χ0) is 18.0. The van der Waals surface area contributed by atoms with Gasteiger partial charge in [0.2, 0.25) is 0 Å². The highest BCUT2D eigenvalue weighted by molar-refractivity contribution is 9.10. The largest absolute Gasteiger partial charge is 0.366 e. The molecule has 0 atom stereocenters. The summed E-state index contributed by atoms with van der Waals surface area (Å²) in [6.45, 7) is 1.50. The fourth-order valence-electron chi connectivity index (χ4n) is 2.84. The van der Waals surface area contributed by atoms with Gasteiger partial charge in [-0.3, -0.25) is 14.9 Å². The molecule has 25 heavy (non-hydrogen) atoms. The lowest BCUT2D eigenvalue weighted by atomic mass is 10.2. The minimum absolute atomic E-state index is 0.0502. The predicted octanol–water partition coefficient (Wildman–Crippen LogP) is 4.86. The lowest BCUT2D eigenvalue weighted by Gasteiger charge is -2.19. The highest BCUT2D eigenvalue weighted by atomic mass is 79.9. The molecule has 0 aliphatic carbocycles. The van der Waals surface area contributed by atoms with Gasteiger partial charge in [-0.1, -0.05) is 23.7 Å². The van der Waals surface area contributed by atoms with Gasteiger partial charge in [-0.2, -0.15) is 0 Å². The Morgan fingerprint density at radius 3 is 2.56 bits per heavy atom. The molecule has 1 saturated heterocycles. The van der Waals surface area contributed by atoms with E-state index in [0.717, 1.165) is 25.9 Å². The van der Waals surface area contributed by atoms with E-state index in [1.54, 1.807) is 24.3 Å². The Bertz CT molecular complexity index is 838. The van der Waals surface area contributed by atoms with Crippen molar-refractivity contribution < 1.29 is 9.72 Å². The van der Waals surface area contributed by atoms with Crippen molar-refractivity contribution in [3.63, 3.8) is 0 Å². The third-order valence-corrected chi connectivity index (χ3v) is 5.08. The van der Waals surface area contributed by atoms with Crippen molar-refractivity contribution in [2.75, 3.05) is 23.3 Å². The molecule has 0 aromatic heterocycles. The Balaban J connectivity index is 1.96. The average Bonchev–Trinajstić information content (AvgIpc) is 3.10. The summed E-state index contributed by atoms with van der Waals surface area (Å²) in [5.41, 5.74) is 1.25. The summed E-state index contributed by atoms with van der Waals surface area (Å²) in [6.07, 6.45) is 1.97. The average molecular weight is 425 g/mol. The van der Waals surface area contributed by atoms with Gasteiger partial charge in [0.25, 0.3) is 11.6 Å². The fourth-order valence-corrected chi connectivity index (χ4v) is 3.51. The van der Waals surface area contributed by atoms with E-state index in [-0.39, 0.29) is 16.6 Å². The Kier molecular flexibility index (Phi) is 5.24. The highest BCUT2D eigenvalue weighted by Crippen LogP contribution is 2.38. The molecule has 0 unspecified atom stereocenters. The van der Waals surface area contributed by atoms with Gasteiger partial charge in [0.05, 0.1) is 21.2 Å². The van der Waals surface area contributed by atoms with Crippen molar-refractivity contribution in [2.24, 2.45) is 0 Å². The smallest absolute Gasteiger partial charge is 0.294 e. The van der Waals surface area contributed by atoms with Crippen LogP contribution in [0, 0.1) is 10.1 Å². The molecule has 3 rings (SSSR count). The van der Waals surface area contributed by atoms with Crippen LogP contribution in [0.25, 0.3) is 0 Å². The summed E-state index contributed by atoms with van der Waals surface area (Å²) in [5, 5.41) is 14.2. The zero-order valence-corrected chi connectivity index (χ0v) is 15.5. The van der Waals surface area contributed by atoms with Gasteiger partial charge in [0, 0.05) is 23.6 Å². The van der Waals surface area contributed by atoms with Crippen LogP contribution in [0.2, 0.25) is 5.02 Å². The van der Waals surface area contributed by atoms with Crippen LogP contribution in [0.5, 0.6) is 0 Å². The van der Waals surface area contributed by atoms with Crippen molar-refractivity contribution in [3.8, 4) is 0 Å². The number of nitro benzene ring substituents is 1. The number of anilines is 2. The van der Waals surface area contributed by atoms with Crippen molar-refractivity contribution in [1.29, 1.82) is 0 Å². The summed E-state index contributed by atoms with van der Waals surface area (Å²) < 4.78 is 0.658. The second-order valence-corrected chi connectivity index (χ2v) is 6.97. The van der Waals surface area contributed by atoms with E-state index in [4.69, 9.17) is 11.6 Å². The van der Waals surface area contributed by atoms with Crippen LogP contribution in [-0.4, -0.2) is 23.9 Å². The van der Waals surface area contributed by atoms with Gasteiger partial charge >= 0.3 is 0 Å². The molecule has 0 saturated carbocycles. The third-order valence-electron chi connectivity index (χ3n) is 4.07. The number of halogens is 2. The van der Waals surface area contributed by atoms with Crippen LogP contribution >= 0.6 is 27.5 Å². The van der Waals surface area contributed by atoms with E-state index in [2.05, 4.69) is 21.2 Å². The topological polar surface area (TPSA) is 75.5 Å². The van der Waals surface area contributed by atoms with Crippen LogP contribution in [-0.2, 0) is 0 Å². The Morgan fingerprint density at radius 1 is 1.24 bits per heavy atom. The molecule has 1 N–H and O–H groups in total. The van der Waals surface area contributed by atoms with Crippen molar-refractivity contribution in [2.45, 2.75) is 12.8 Å². The van der Waals surface area contributed by atoms with Crippen molar-refractivity contribution >= 4 is 50.5 Å². The van der Waals surface area contributed by atoms with E-state index in [1.807, 2.05) is 11.0 Å². The molecule has 1 fully saturated rings. The van der Waals surface area contributed by atoms with Gasteiger partial charge in [-0.15, -0.1) is 0 Å². The molecule has 2 aromatic rings. The SMILES string of the molecule is O=C(Nc1cc(N2CCCC2)c([N+](=O)[O-])cc1Cl)c1ccccc1Br. The van der Waals surface area contributed by atoms with Gasteiger partial charge in [-0.05, 0) is 47.0 Å². The molecule has 0 radical (unpaired) electrons. The summed E-state index contributed by atoms with van der Waals surface area (Å²) in [5.74, 6) is -0.337. The second-order valence-electron chi connectivity index (χ2n) is 5.71. The Labute approximate surface area is 158 Å². The third kappa shape index (κ3) is 3.77. The molecule has 1 heterocycles. The monoisotopic (exact) mass is 423 g/mol. The van der Waals surface area contributed by atoms with Crippen molar-refractivity contribution in [1.82, 2.24) is 0 Å². The Morgan fingerprint density at radius 2 is 1.92 bits per heavy atom. The molecular formula is C17H15BrClN3O3. The van der Waals surface area contributed by atoms with E-state index >= 15 is 0 Å². The number of carbonyl (C=O) groups is 1. The molecular weight excluding hydrogens is 410 g/mol. The highest BCUT2D eigenvalue weighted by Gasteiger charge is 2.25. The molecule has 1 amide bonds. The molecule has 2 aromatic carbocycles. The summed E-state index contributed by atoms with van der Waals surface area (Å²) in [7, 11) is 0. The van der Waals surface area contributed by atoms with Crippen molar-refractivity contribution in [3.05, 3.63) is 61.6 Å². The maximum Gasteiger partial charge on any atom is 0.294 e. The quantitative estimate of drug-likeness (QED) is 0.561. The van der Waals surface area contributed by atoms with E-state index < -0.39 is 4.92 Å². The number of hydrogen-bond acceptors (Lipinski definition) is 4. The predicted molar refractivity (Wildman–Crippen MR) is 102 cm³/mol. The Hall–Kier alpha value is -2.12. The summed E-state index contributed by atoms with van der Waals surface area (Å²) in [4.78, 5) is 25.3. The second kappa shape index (κ2) is 7.41. The lowest BCUT2D eigenvalue weighted by Crippen LogP contribution is -2.20. The van der Waals surface area contributed by atoms with Gasteiger partial charge in [0.1, 0.15) is 5.69 Å². The van der Waals surface area contributed by atoms with Crippen LogP contribution in [0.4, 0.5) is 17.1 Å². The van der Waals surface area contributed by atoms with E-state index in [9.17, 15) is 14.9 Å². The maximum atomic E-state index is 12.5. The minimum Gasteiger partial charge on any atom is -0.366 e. The molecule has 1 aliphatic heterocycles. The van der Waals surface area contributed by atoms with E-state index in [1.165, 1.54) is 6.07 Å². The number of carbonyl (C=O) groups excluding carboxylic acids is 1. The fraction of sp³-hybridized carbons (Fsp3) is 0.235. The molecule has 130 valence electrons. The molecule has 0 spiro atoms. The number of nitrogens with zero attached hydrogens (tertiary/aromatic N) is 2. The number of nitrogens with one attached hydrogen (secondary N) is 1. The normalized spacial score (nSPS) is 13.8. The first kappa shape index (κ1) is 17.7. The van der Waals surface area contributed by atoms with Gasteiger partial charge in [-0.25, -0.2) is 0 Å². The minimum atomic E-state index is -0.446. The first-order valence-electron chi connectivity index (χ1n) is 7.76. The van der Waals surface area contributed by atoms with Gasteiger partial charge < -0.3 is 10.2 Å². The van der Waals surface area contributed by atoms with Crippen LogP contribution in [0.3, 0.4) is 0 Å². The summed E-state index contributed by atoms with van der Waals surface area (Å²) >= 11 is 9.51. The molecule has 6 nitrogen and oxygen atoms in total. The van der Waals surface area contributed by atoms with E-state index in [0.29, 0.717) is 21.4 Å². The standard InChI is InChI=1S/C17H15BrClN3O3/c18-12-6-2-1-5-11(12)17(23)20-14-10-15(21-7-3-4-8-21)16(22(24)25)9-13(14)19/h1-2,5-6,9-10H,3-4,7-8H2,(H,20,23). The number of hydrogen-bond donors (Lipinski definition) is 1. The maximum absolute atomic E-state index is 12.5. The molecule has 1 aliphatic rings. The first-order chi connectivity index (χ1) is 12.0. The number of rotatable bonds is 4. The molecule has 8 heteroatoms. The first-order valence-corrected chi connectivity index (χ1v) is 8.93.